The number of carbonyl (C=O) groups excluding carboxylic acids is 2. The first-order valence-corrected chi connectivity index (χ1v) is 14.8. The molecule has 4 rings (SSSR count). The number of aromatic nitrogens is 1. The Morgan fingerprint density at radius 2 is 1.74 bits per heavy atom. The van der Waals surface area contributed by atoms with Gasteiger partial charge in [0.1, 0.15) is 0 Å². The normalized spacial score (nSPS) is 14.3. The lowest BCUT2D eigenvalue weighted by Crippen LogP contribution is -2.48. The fraction of sp³-hybridized carbons (Fsp3) is 0.424. The molecule has 1 unspecified atom stereocenters. The zero-order valence-corrected chi connectivity index (χ0v) is 25.0. The molecule has 0 bridgehead atoms. The van der Waals surface area contributed by atoms with Crippen LogP contribution in [0.3, 0.4) is 0 Å². The van der Waals surface area contributed by atoms with E-state index < -0.39 is 12.0 Å². The average Bonchev–Trinajstić information content (AvgIpc) is 3.03. The van der Waals surface area contributed by atoms with Crippen molar-refractivity contribution >= 4 is 17.7 Å². The van der Waals surface area contributed by atoms with Crippen LogP contribution in [0.25, 0.3) is 0 Å². The molecule has 1 fully saturated rings. The van der Waals surface area contributed by atoms with Gasteiger partial charge in [0.2, 0.25) is 0 Å². The van der Waals surface area contributed by atoms with Crippen LogP contribution in [0.2, 0.25) is 0 Å². The van der Waals surface area contributed by atoms with E-state index in [9.17, 15) is 9.59 Å². The molecule has 2 heterocycles. The van der Waals surface area contributed by atoms with E-state index in [1.54, 1.807) is 19.5 Å². The summed E-state index contributed by atoms with van der Waals surface area (Å²) in [7, 11) is 1.80. The largest absolute Gasteiger partial charge is 0.434 e. The van der Waals surface area contributed by atoms with Gasteiger partial charge in [-0.1, -0.05) is 62.2 Å². The number of ether oxygens (including phenoxy) is 1. The topological polar surface area (TPSA) is 87.2 Å². The Morgan fingerprint density at radius 3 is 2.43 bits per heavy atom. The minimum atomic E-state index is -0.644. The monoisotopic (exact) mass is 573 g/mol. The predicted molar refractivity (Wildman–Crippen MR) is 164 cm³/mol. The summed E-state index contributed by atoms with van der Waals surface area (Å²) in [4.78, 5) is 42.1. The molecule has 2 aromatic carbocycles. The van der Waals surface area contributed by atoms with Gasteiger partial charge in [0.15, 0.2) is 0 Å². The SMILES string of the molecule is CCCCC(CN1CCN(c2ccc(C)c(C(=O)NOC(=O)N(Cc3ccccc3)Cc3cccnc3)c2)CC1)OC. The summed E-state index contributed by atoms with van der Waals surface area (Å²) in [5, 5.41) is 0. The number of hydrogen-bond acceptors (Lipinski definition) is 7. The van der Waals surface area contributed by atoms with Gasteiger partial charge in [-0.25, -0.2) is 4.79 Å². The lowest BCUT2D eigenvalue weighted by molar-refractivity contribution is 0.0396. The van der Waals surface area contributed by atoms with E-state index in [1.165, 1.54) is 17.7 Å². The number of hydroxylamine groups is 1. The molecular weight excluding hydrogens is 530 g/mol. The summed E-state index contributed by atoms with van der Waals surface area (Å²) in [6.45, 7) is 9.26. The number of piperazine rings is 1. The number of aryl methyl sites for hydroxylation is 1. The number of benzene rings is 2. The first-order chi connectivity index (χ1) is 20.5. The lowest BCUT2D eigenvalue weighted by atomic mass is 10.1. The maximum absolute atomic E-state index is 13.2. The number of amides is 2. The molecule has 1 aromatic heterocycles. The number of rotatable bonds is 12. The van der Waals surface area contributed by atoms with Gasteiger partial charge in [0, 0.05) is 70.0 Å². The fourth-order valence-electron chi connectivity index (χ4n) is 5.15. The molecule has 1 N–H and O–H groups in total. The maximum Gasteiger partial charge on any atom is 0.434 e. The summed E-state index contributed by atoms with van der Waals surface area (Å²) >= 11 is 0. The van der Waals surface area contributed by atoms with Crippen LogP contribution in [0, 0.1) is 6.92 Å². The number of methoxy groups -OCH3 is 1. The first-order valence-electron chi connectivity index (χ1n) is 14.8. The molecule has 3 aromatic rings. The third-order valence-electron chi connectivity index (χ3n) is 7.68. The zero-order valence-electron chi connectivity index (χ0n) is 25.0. The van der Waals surface area contributed by atoms with Crippen LogP contribution in [0.4, 0.5) is 10.5 Å². The minimum absolute atomic E-state index is 0.266. The fourth-order valence-corrected chi connectivity index (χ4v) is 5.15. The zero-order chi connectivity index (χ0) is 29.7. The molecule has 9 heteroatoms. The number of unbranched alkanes of at least 4 members (excludes halogenated alkanes) is 1. The van der Waals surface area contributed by atoms with Crippen LogP contribution in [0.5, 0.6) is 0 Å². The van der Waals surface area contributed by atoms with E-state index in [4.69, 9.17) is 9.57 Å². The van der Waals surface area contributed by atoms with Gasteiger partial charge < -0.3 is 14.5 Å². The van der Waals surface area contributed by atoms with Crippen molar-refractivity contribution in [3.05, 3.63) is 95.3 Å². The molecule has 1 saturated heterocycles. The Balaban J connectivity index is 1.35. The Morgan fingerprint density at radius 1 is 1.00 bits per heavy atom. The van der Waals surface area contributed by atoms with Gasteiger partial charge in [0.25, 0.3) is 5.91 Å². The van der Waals surface area contributed by atoms with Crippen molar-refractivity contribution in [2.45, 2.75) is 52.3 Å². The highest BCUT2D eigenvalue weighted by atomic mass is 16.7. The second-order valence-corrected chi connectivity index (χ2v) is 10.8. The average molecular weight is 574 g/mol. The van der Waals surface area contributed by atoms with Gasteiger partial charge in [-0.15, -0.1) is 0 Å². The summed E-state index contributed by atoms with van der Waals surface area (Å²) < 4.78 is 5.69. The molecule has 1 atom stereocenters. The van der Waals surface area contributed by atoms with Gasteiger partial charge in [-0.3, -0.25) is 19.6 Å². The maximum atomic E-state index is 13.2. The highest BCUT2D eigenvalue weighted by Gasteiger charge is 2.23. The standard InChI is InChI=1S/C33H43N5O4/c1-4-5-13-30(41-3)25-36-17-19-37(20-18-36)29-15-14-26(2)31(21-29)32(39)35-42-33(40)38(23-27-10-7-6-8-11-27)24-28-12-9-16-34-22-28/h6-12,14-16,21-22,30H,4-5,13,17-20,23-25H2,1-3H3,(H,35,39). The van der Waals surface area contributed by atoms with E-state index in [-0.39, 0.29) is 6.10 Å². The summed E-state index contributed by atoms with van der Waals surface area (Å²) in [5.74, 6) is -0.457. The minimum Gasteiger partial charge on any atom is -0.380 e. The van der Waals surface area contributed by atoms with Gasteiger partial charge in [-0.05, 0) is 48.2 Å². The number of nitrogens with one attached hydrogen (secondary N) is 1. The van der Waals surface area contributed by atoms with E-state index >= 15 is 0 Å². The third kappa shape index (κ3) is 9.03. The molecule has 1 aliphatic heterocycles. The molecule has 1 aliphatic rings. The van der Waals surface area contributed by atoms with Crippen molar-refractivity contribution in [3.8, 4) is 0 Å². The number of nitrogens with zero attached hydrogens (tertiary/aromatic N) is 4. The Bertz CT molecular complexity index is 1220. The van der Waals surface area contributed by atoms with Crippen molar-refractivity contribution in [3.63, 3.8) is 0 Å². The van der Waals surface area contributed by atoms with Crippen LogP contribution in [0.1, 0.15) is 53.2 Å². The summed E-state index contributed by atoms with van der Waals surface area (Å²) in [6, 6.07) is 19.2. The summed E-state index contributed by atoms with van der Waals surface area (Å²) in [6.07, 6.45) is 6.45. The molecule has 0 aliphatic carbocycles. The number of anilines is 1. The van der Waals surface area contributed by atoms with Crippen molar-refractivity contribution in [2.24, 2.45) is 0 Å². The molecule has 0 saturated carbocycles. The second kappa shape index (κ2) is 15.9. The molecule has 0 radical (unpaired) electrons. The van der Waals surface area contributed by atoms with Gasteiger partial charge in [0.05, 0.1) is 12.6 Å². The van der Waals surface area contributed by atoms with Crippen molar-refractivity contribution in [1.29, 1.82) is 0 Å². The lowest BCUT2D eigenvalue weighted by Gasteiger charge is -2.37. The van der Waals surface area contributed by atoms with Crippen LogP contribution < -0.4 is 10.4 Å². The second-order valence-electron chi connectivity index (χ2n) is 10.8. The van der Waals surface area contributed by atoms with Gasteiger partial charge in [-0.2, -0.15) is 5.48 Å². The number of hydrogen-bond donors (Lipinski definition) is 1. The highest BCUT2D eigenvalue weighted by molar-refractivity contribution is 5.96. The molecule has 2 amide bonds. The number of pyridine rings is 1. The molecule has 224 valence electrons. The quantitative estimate of drug-likeness (QED) is 0.298. The molecular formula is C33H43N5O4. The first kappa shape index (κ1) is 31.0. The summed E-state index contributed by atoms with van der Waals surface area (Å²) in [5.41, 5.74) is 6.46. The number of carbonyl (C=O) groups is 2. The highest BCUT2D eigenvalue weighted by Crippen LogP contribution is 2.22. The third-order valence-corrected chi connectivity index (χ3v) is 7.68. The van der Waals surface area contributed by atoms with Crippen LogP contribution >= 0.6 is 0 Å². The van der Waals surface area contributed by atoms with Crippen molar-refractivity contribution in [1.82, 2.24) is 20.3 Å². The Hall–Kier alpha value is -3.95. The van der Waals surface area contributed by atoms with E-state index in [2.05, 4.69) is 27.2 Å². The van der Waals surface area contributed by atoms with Crippen LogP contribution in [0.15, 0.2) is 73.1 Å². The van der Waals surface area contributed by atoms with E-state index in [0.29, 0.717) is 18.7 Å². The Labute approximate surface area is 249 Å². The van der Waals surface area contributed by atoms with Crippen molar-refractivity contribution in [2.75, 3.05) is 44.7 Å². The molecule has 9 nitrogen and oxygen atoms in total. The van der Waals surface area contributed by atoms with Gasteiger partial charge >= 0.3 is 6.09 Å². The Kier molecular flexibility index (Phi) is 11.7. The molecule has 0 spiro atoms. The predicted octanol–water partition coefficient (Wildman–Crippen LogP) is 5.20. The molecule has 42 heavy (non-hydrogen) atoms. The smallest absolute Gasteiger partial charge is 0.380 e. The van der Waals surface area contributed by atoms with Crippen LogP contribution in [-0.2, 0) is 22.7 Å². The van der Waals surface area contributed by atoms with Crippen LogP contribution in [-0.4, -0.2) is 72.7 Å². The van der Waals surface area contributed by atoms with E-state index in [0.717, 1.165) is 61.5 Å². The van der Waals surface area contributed by atoms with Crippen molar-refractivity contribution < 1.29 is 19.2 Å². The van der Waals surface area contributed by atoms with E-state index in [1.807, 2.05) is 67.6 Å².